The van der Waals surface area contributed by atoms with Crippen molar-refractivity contribution in [2.24, 2.45) is 0 Å². The molecule has 0 heterocycles. The van der Waals surface area contributed by atoms with Gasteiger partial charge in [-0.05, 0) is 43.4 Å². The molecule has 4 heteroatoms. The fourth-order valence-electron chi connectivity index (χ4n) is 2.27. The van der Waals surface area contributed by atoms with Crippen molar-refractivity contribution in [3.05, 3.63) is 28.8 Å². The highest BCUT2D eigenvalue weighted by atomic mass is 16.1. The van der Waals surface area contributed by atoms with Crippen molar-refractivity contribution in [3.63, 3.8) is 0 Å². The van der Waals surface area contributed by atoms with E-state index in [1.807, 2.05) is 19.9 Å². The van der Waals surface area contributed by atoms with E-state index in [0.29, 0.717) is 11.3 Å². The molecule has 0 radical (unpaired) electrons. The Kier molecular flexibility index (Phi) is 6.42. The molecule has 106 valence electrons. The van der Waals surface area contributed by atoms with Crippen molar-refractivity contribution in [1.82, 2.24) is 6.15 Å². The van der Waals surface area contributed by atoms with Crippen LogP contribution in [-0.2, 0) is 22.4 Å². The number of carbonyl (C=O) groups excluding carboxylic acids is 2. The van der Waals surface area contributed by atoms with E-state index < -0.39 is 5.92 Å². The van der Waals surface area contributed by atoms with Gasteiger partial charge in [-0.25, -0.2) is 0 Å². The Hall–Kier alpha value is -1.68. The third-order valence-electron chi connectivity index (χ3n) is 3.27. The van der Waals surface area contributed by atoms with Crippen LogP contribution in [0, 0.1) is 0 Å². The first-order chi connectivity index (χ1) is 8.42. The summed E-state index contributed by atoms with van der Waals surface area (Å²) in [4.78, 5) is 23.3. The van der Waals surface area contributed by atoms with Gasteiger partial charge in [0.1, 0.15) is 17.5 Å². The average Bonchev–Trinajstić information content (AvgIpc) is 2.30. The monoisotopic (exact) mass is 264 g/mol. The lowest BCUT2D eigenvalue weighted by Gasteiger charge is -2.17. The fourth-order valence-corrected chi connectivity index (χ4v) is 2.27. The summed E-state index contributed by atoms with van der Waals surface area (Å²) in [6.07, 6.45) is 1.66. The number of hydrogen-bond acceptors (Lipinski definition) is 4. The van der Waals surface area contributed by atoms with Crippen LogP contribution in [0.4, 0.5) is 5.69 Å². The van der Waals surface area contributed by atoms with Gasteiger partial charge in [-0.2, -0.15) is 0 Å². The number of nitrogen functional groups attached to an aromatic ring is 1. The molecule has 0 atom stereocenters. The predicted molar refractivity (Wildman–Crippen MR) is 78.7 cm³/mol. The predicted octanol–water partition coefficient (Wildman–Crippen LogP) is 2.82. The van der Waals surface area contributed by atoms with Gasteiger partial charge < -0.3 is 11.9 Å². The first-order valence-electron chi connectivity index (χ1n) is 6.34. The summed E-state index contributed by atoms with van der Waals surface area (Å²) in [5.41, 5.74) is 9.48. The zero-order valence-corrected chi connectivity index (χ0v) is 12.2. The van der Waals surface area contributed by atoms with Crippen LogP contribution < -0.4 is 11.9 Å². The first-order valence-corrected chi connectivity index (χ1v) is 6.34. The lowest BCUT2D eigenvalue weighted by molar-refractivity contribution is -0.126. The van der Waals surface area contributed by atoms with Crippen molar-refractivity contribution in [1.29, 1.82) is 0 Å². The molecular weight excluding hydrogens is 240 g/mol. The third-order valence-corrected chi connectivity index (χ3v) is 3.27. The second kappa shape index (κ2) is 7.04. The summed E-state index contributed by atoms with van der Waals surface area (Å²) in [6.45, 7) is 6.95. The zero-order chi connectivity index (χ0) is 13.9. The summed E-state index contributed by atoms with van der Waals surface area (Å²) in [5, 5.41) is 0. The SMILES string of the molecule is CCc1cc(CC)c(N)c(C(C(C)=O)C(C)=O)c1.N. The van der Waals surface area contributed by atoms with Gasteiger partial charge in [-0.15, -0.1) is 0 Å². The normalized spacial score (nSPS) is 10.2. The highest BCUT2D eigenvalue weighted by Crippen LogP contribution is 2.29. The number of benzene rings is 1. The Bertz CT molecular complexity index is 467. The number of carbonyl (C=O) groups is 2. The smallest absolute Gasteiger partial charge is 0.144 e. The van der Waals surface area contributed by atoms with Crippen molar-refractivity contribution >= 4 is 17.3 Å². The standard InChI is InChI=1S/C15H21NO2.H3N/c1-5-11-7-12(6-2)15(16)13(8-11)14(9(3)17)10(4)18;/h7-8,14H,5-6,16H2,1-4H3;1H3. The van der Waals surface area contributed by atoms with E-state index in [9.17, 15) is 9.59 Å². The molecule has 0 aliphatic rings. The van der Waals surface area contributed by atoms with Gasteiger partial charge in [0.15, 0.2) is 0 Å². The van der Waals surface area contributed by atoms with E-state index in [0.717, 1.165) is 24.0 Å². The molecule has 0 saturated heterocycles. The lowest BCUT2D eigenvalue weighted by Crippen LogP contribution is -2.19. The maximum absolute atomic E-state index is 11.7. The number of ketones is 2. The molecule has 0 aromatic heterocycles. The first kappa shape index (κ1) is 17.3. The largest absolute Gasteiger partial charge is 0.398 e. The molecule has 1 aromatic carbocycles. The number of hydrogen-bond donors (Lipinski definition) is 2. The van der Waals surface area contributed by atoms with E-state index in [-0.39, 0.29) is 17.7 Å². The summed E-state index contributed by atoms with van der Waals surface area (Å²) in [7, 11) is 0. The Morgan fingerprint density at radius 1 is 1.11 bits per heavy atom. The number of rotatable bonds is 5. The molecule has 0 amide bonds. The summed E-state index contributed by atoms with van der Waals surface area (Å²) < 4.78 is 0. The van der Waals surface area contributed by atoms with Crippen molar-refractivity contribution in [2.45, 2.75) is 46.5 Å². The molecule has 1 aromatic rings. The minimum Gasteiger partial charge on any atom is -0.398 e. The Morgan fingerprint density at radius 3 is 2.00 bits per heavy atom. The number of anilines is 1. The molecule has 0 aliphatic heterocycles. The highest BCUT2D eigenvalue weighted by Gasteiger charge is 2.25. The molecule has 0 unspecified atom stereocenters. The van der Waals surface area contributed by atoms with Crippen LogP contribution in [0.1, 0.15) is 50.3 Å². The zero-order valence-electron chi connectivity index (χ0n) is 12.2. The van der Waals surface area contributed by atoms with Gasteiger partial charge in [0.05, 0.1) is 0 Å². The molecule has 5 N–H and O–H groups in total. The van der Waals surface area contributed by atoms with E-state index in [1.165, 1.54) is 13.8 Å². The van der Waals surface area contributed by atoms with Crippen LogP contribution in [0.5, 0.6) is 0 Å². The molecule has 0 bridgehead atoms. The van der Waals surface area contributed by atoms with Gasteiger partial charge in [-0.1, -0.05) is 26.0 Å². The minimum absolute atomic E-state index is 0. The minimum atomic E-state index is -0.721. The quantitative estimate of drug-likeness (QED) is 0.631. The van der Waals surface area contributed by atoms with Crippen LogP contribution in [0.3, 0.4) is 0 Å². The van der Waals surface area contributed by atoms with Crippen LogP contribution in [0.2, 0.25) is 0 Å². The van der Waals surface area contributed by atoms with E-state index >= 15 is 0 Å². The van der Waals surface area contributed by atoms with Crippen LogP contribution in [0.25, 0.3) is 0 Å². The highest BCUT2D eigenvalue weighted by molar-refractivity contribution is 6.06. The summed E-state index contributed by atoms with van der Waals surface area (Å²) in [6, 6.07) is 3.94. The average molecular weight is 264 g/mol. The number of nitrogens with two attached hydrogens (primary N) is 1. The van der Waals surface area contributed by atoms with Gasteiger partial charge in [0.2, 0.25) is 0 Å². The summed E-state index contributed by atoms with van der Waals surface area (Å²) in [5.74, 6) is -1.02. The van der Waals surface area contributed by atoms with Gasteiger partial charge in [0, 0.05) is 5.69 Å². The molecule has 4 nitrogen and oxygen atoms in total. The molecule has 0 fully saturated rings. The molecular formula is C15H24N2O2. The fraction of sp³-hybridized carbons (Fsp3) is 0.467. The second-order valence-corrected chi connectivity index (χ2v) is 4.62. The number of aryl methyl sites for hydroxylation is 2. The molecule has 0 saturated carbocycles. The Labute approximate surface area is 115 Å². The van der Waals surface area contributed by atoms with Gasteiger partial charge in [0.25, 0.3) is 0 Å². The van der Waals surface area contributed by atoms with Gasteiger partial charge >= 0.3 is 0 Å². The maximum Gasteiger partial charge on any atom is 0.144 e. The molecule has 0 spiro atoms. The van der Waals surface area contributed by atoms with Crippen molar-refractivity contribution < 1.29 is 9.59 Å². The Morgan fingerprint density at radius 2 is 1.63 bits per heavy atom. The number of Topliss-reactive ketones (excluding diaryl/α,β-unsaturated/α-hetero) is 2. The summed E-state index contributed by atoms with van der Waals surface area (Å²) >= 11 is 0. The lowest BCUT2D eigenvalue weighted by atomic mass is 9.87. The maximum atomic E-state index is 11.7. The molecule has 19 heavy (non-hydrogen) atoms. The van der Waals surface area contributed by atoms with Crippen LogP contribution in [0.15, 0.2) is 12.1 Å². The van der Waals surface area contributed by atoms with Gasteiger partial charge in [-0.3, -0.25) is 9.59 Å². The van der Waals surface area contributed by atoms with E-state index in [1.54, 1.807) is 0 Å². The van der Waals surface area contributed by atoms with Crippen LogP contribution >= 0.6 is 0 Å². The molecule has 1 rings (SSSR count). The molecule has 0 aliphatic carbocycles. The van der Waals surface area contributed by atoms with E-state index in [4.69, 9.17) is 5.73 Å². The van der Waals surface area contributed by atoms with Crippen LogP contribution in [-0.4, -0.2) is 11.6 Å². The second-order valence-electron chi connectivity index (χ2n) is 4.62. The van der Waals surface area contributed by atoms with E-state index in [2.05, 4.69) is 6.07 Å². The topological polar surface area (TPSA) is 95.2 Å². The Balaban J connectivity index is 0.00000324. The van der Waals surface area contributed by atoms with Crippen molar-refractivity contribution in [2.75, 3.05) is 5.73 Å². The third kappa shape index (κ3) is 3.64. The van der Waals surface area contributed by atoms with Crippen molar-refractivity contribution in [3.8, 4) is 0 Å².